The Morgan fingerprint density at radius 3 is 3.07 bits per heavy atom. The van der Waals surface area contributed by atoms with Gasteiger partial charge in [-0.05, 0) is 43.5 Å². The van der Waals surface area contributed by atoms with Gasteiger partial charge in [0.05, 0.1) is 5.69 Å². The second-order valence-electron chi connectivity index (χ2n) is 3.88. The van der Waals surface area contributed by atoms with E-state index in [1.807, 2.05) is 6.92 Å². The SMILES string of the molecule is Cc1noc2c1CCc1cc(F)ccc1-2. The van der Waals surface area contributed by atoms with E-state index >= 15 is 0 Å². The quantitative estimate of drug-likeness (QED) is 0.658. The first kappa shape index (κ1) is 8.65. The molecular weight excluding hydrogens is 193 g/mol. The summed E-state index contributed by atoms with van der Waals surface area (Å²) in [6.45, 7) is 1.94. The summed E-state index contributed by atoms with van der Waals surface area (Å²) >= 11 is 0. The first-order valence-electron chi connectivity index (χ1n) is 4.99. The van der Waals surface area contributed by atoms with Crippen LogP contribution in [0.5, 0.6) is 0 Å². The summed E-state index contributed by atoms with van der Waals surface area (Å²) in [5.74, 6) is 0.627. The lowest BCUT2D eigenvalue weighted by Crippen LogP contribution is -2.03. The lowest BCUT2D eigenvalue weighted by molar-refractivity contribution is 0.425. The number of halogens is 1. The van der Waals surface area contributed by atoms with E-state index in [0.717, 1.165) is 41.0 Å². The van der Waals surface area contributed by atoms with E-state index in [1.54, 1.807) is 12.1 Å². The van der Waals surface area contributed by atoms with Crippen LogP contribution in [0.3, 0.4) is 0 Å². The number of benzene rings is 1. The van der Waals surface area contributed by atoms with Crippen LogP contribution >= 0.6 is 0 Å². The third-order valence-corrected chi connectivity index (χ3v) is 2.94. The Morgan fingerprint density at radius 1 is 1.33 bits per heavy atom. The molecule has 0 atom stereocenters. The molecule has 1 aromatic carbocycles. The van der Waals surface area contributed by atoms with Crippen LogP contribution in [0, 0.1) is 12.7 Å². The van der Waals surface area contributed by atoms with Gasteiger partial charge in [0.1, 0.15) is 5.82 Å². The van der Waals surface area contributed by atoms with Crippen LogP contribution in [0.15, 0.2) is 22.7 Å². The first-order chi connectivity index (χ1) is 7.25. The molecule has 0 spiro atoms. The molecule has 0 unspecified atom stereocenters. The van der Waals surface area contributed by atoms with E-state index in [1.165, 1.54) is 6.07 Å². The fourth-order valence-corrected chi connectivity index (χ4v) is 2.15. The molecule has 0 aliphatic heterocycles. The Kier molecular flexibility index (Phi) is 1.69. The molecule has 0 radical (unpaired) electrons. The number of hydrogen-bond donors (Lipinski definition) is 0. The van der Waals surface area contributed by atoms with Gasteiger partial charge < -0.3 is 4.52 Å². The standard InChI is InChI=1S/C12H10FNO/c1-7-10-4-2-8-6-9(13)3-5-11(8)12(10)15-14-7/h3,5-6H,2,4H2,1H3. The van der Waals surface area contributed by atoms with Gasteiger partial charge in [-0.25, -0.2) is 4.39 Å². The van der Waals surface area contributed by atoms with Crippen LogP contribution in [-0.2, 0) is 12.8 Å². The highest BCUT2D eigenvalue weighted by Crippen LogP contribution is 2.35. The number of fused-ring (bicyclic) bond motifs is 3. The summed E-state index contributed by atoms with van der Waals surface area (Å²) in [7, 11) is 0. The van der Waals surface area contributed by atoms with Crippen molar-refractivity contribution in [2.75, 3.05) is 0 Å². The van der Waals surface area contributed by atoms with Gasteiger partial charge in [0.15, 0.2) is 5.76 Å². The summed E-state index contributed by atoms with van der Waals surface area (Å²) in [4.78, 5) is 0. The number of aromatic nitrogens is 1. The van der Waals surface area contributed by atoms with Gasteiger partial charge in [-0.1, -0.05) is 5.16 Å². The normalized spacial score (nSPS) is 13.5. The van der Waals surface area contributed by atoms with Gasteiger partial charge in [-0.3, -0.25) is 0 Å². The van der Waals surface area contributed by atoms with Crippen molar-refractivity contribution in [1.82, 2.24) is 5.16 Å². The van der Waals surface area contributed by atoms with Crippen LogP contribution in [0.1, 0.15) is 16.8 Å². The van der Waals surface area contributed by atoms with Gasteiger partial charge in [0.2, 0.25) is 0 Å². The van der Waals surface area contributed by atoms with Gasteiger partial charge >= 0.3 is 0 Å². The monoisotopic (exact) mass is 203 g/mol. The van der Waals surface area contributed by atoms with Gasteiger partial charge in [0, 0.05) is 11.1 Å². The van der Waals surface area contributed by atoms with E-state index in [0.29, 0.717) is 0 Å². The minimum atomic E-state index is -0.187. The highest BCUT2D eigenvalue weighted by atomic mass is 19.1. The highest BCUT2D eigenvalue weighted by molar-refractivity contribution is 5.68. The Labute approximate surface area is 86.7 Å². The molecule has 76 valence electrons. The molecule has 2 aromatic rings. The van der Waals surface area contributed by atoms with E-state index in [2.05, 4.69) is 5.16 Å². The molecule has 1 aliphatic rings. The molecule has 0 saturated heterocycles. The van der Waals surface area contributed by atoms with Crippen molar-refractivity contribution >= 4 is 0 Å². The van der Waals surface area contributed by atoms with Crippen LogP contribution in [-0.4, -0.2) is 5.16 Å². The van der Waals surface area contributed by atoms with Crippen LogP contribution in [0.4, 0.5) is 4.39 Å². The zero-order valence-electron chi connectivity index (χ0n) is 8.38. The molecule has 2 nitrogen and oxygen atoms in total. The molecule has 1 heterocycles. The molecule has 0 saturated carbocycles. The highest BCUT2D eigenvalue weighted by Gasteiger charge is 2.22. The molecule has 0 N–H and O–H groups in total. The second kappa shape index (κ2) is 2.92. The number of hydrogen-bond acceptors (Lipinski definition) is 2. The Hall–Kier alpha value is -1.64. The molecule has 15 heavy (non-hydrogen) atoms. The van der Waals surface area contributed by atoms with Crippen molar-refractivity contribution in [1.29, 1.82) is 0 Å². The fourth-order valence-electron chi connectivity index (χ4n) is 2.15. The molecular formula is C12H10FNO. The average Bonchev–Trinajstić information content (AvgIpc) is 2.60. The fraction of sp³-hybridized carbons (Fsp3) is 0.250. The van der Waals surface area contributed by atoms with E-state index < -0.39 is 0 Å². The van der Waals surface area contributed by atoms with Crippen LogP contribution < -0.4 is 0 Å². The molecule has 0 fully saturated rings. The second-order valence-corrected chi connectivity index (χ2v) is 3.88. The van der Waals surface area contributed by atoms with E-state index in [9.17, 15) is 4.39 Å². The minimum Gasteiger partial charge on any atom is -0.356 e. The summed E-state index contributed by atoms with van der Waals surface area (Å²) < 4.78 is 18.3. The predicted molar refractivity (Wildman–Crippen MR) is 54.0 cm³/mol. The third kappa shape index (κ3) is 1.19. The minimum absolute atomic E-state index is 0.187. The summed E-state index contributed by atoms with van der Waals surface area (Å²) in [5, 5.41) is 3.95. The molecule has 1 aliphatic carbocycles. The molecule has 3 heteroatoms. The topological polar surface area (TPSA) is 26.0 Å². The van der Waals surface area contributed by atoms with Crippen molar-refractivity contribution in [2.45, 2.75) is 19.8 Å². The smallest absolute Gasteiger partial charge is 0.170 e. The first-order valence-corrected chi connectivity index (χ1v) is 4.99. The Morgan fingerprint density at radius 2 is 2.20 bits per heavy atom. The molecule has 0 bridgehead atoms. The van der Waals surface area contributed by atoms with Crippen molar-refractivity contribution in [2.24, 2.45) is 0 Å². The van der Waals surface area contributed by atoms with Gasteiger partial charge in [0.25, 0.3) is 0 Å². The maximum Gasteiger partial charge on any atom is 0.170 e. The number of nitrogens with zero attached hydrogens (tertiary/aromatic N) is 1. The van der Waals surface area contributed by atoms with Crippen molar-refractivity contribution in [3.63, 3.8) is 0 Å². The average molecular weight is 203 g/mol. The predicted octanol–water partition coefficient (Wildman–Crippen LogP) is 2.89. The lowest BCUT2D eigenvalue weighted by atomic mass is 9.90. The number of rotatable bonds is 0. The zero-order chi connectivity index (χ0) is 10.4. The molecule has 0 amide bonds. The summed E-state index contributed by atoms with van der Waals surface area (Å²) in [6.07, 6.45) is 1.75. The Bertz CT molecular complexity index is 530. The maximum absolute atomic E-state index is 13.0. The van der Waals surface area contributed by atoms with Crippen LogP contribution in [0.25, 0.3) is 11.3 Å². The van der Waals surface area contributed by atoms with Gasteiger partial charge in [-0.2, -0.15) is 0 Å². The van der Waals surface area contributed by atoms with E-state index in [4.69, 9.17) is 4.52 Å². The molecule has 1 aromatic heterocycles. The summed E-state index contributed by atoms with van der Waals surface area (Å²) in [5.41, 5.74) is 4.10. The van der Waals surface area contributed by atoms with E-state index in [-0.39, 0.29) is 5.82 Å². The van der Waals surface area contributed by atoms with Gasteiger partial charge in [-0.15, -0.1) is 0 Å². The summed E-state index contributed by atoms with van der Waals surface area (Å²) in [6, 6.07) is 4.81. The Balaban J connectivity index is 2.26. The van der Waals surface area contributed by atoms with Crippen molar-refractivity contribution in [3.05, 3.63) is 40.8 Å². The third-order valence-electron chi connectivity index (χ3n) is 2.94. The van der Waals surface area contributed by atoms with Crippen molar-refractivity contribution in [3.8, 4) is 11.3 Å². The maximum atomic E-state index is 13.0. The number of aryl methyl sites for hydroxylation is 2. The van der Waals surface area contributed by atoms with Crippen LogP contribution in [0.2, 0.25) is 0 Å². The molecule has 3 rings (SSSR count). The zero-order valence-corrected chi connectivity index (χ0v) is 8.38. The van der Waals surface area contributed by atoms with Crippen molar-refractivity contribution < 1.29 is 8.91 Å². The largest absolute Gasteiger partial charge is 0.356 e. The lowest BCUT2D eigenvalue weighted by Gasteiger charge is -2.14.